The van der Waals surface area contributed by atoms with E-state index in [4.69, 9.17) is 0 Å². The SMILES string of the molecule is Cc1ccc(-c2cccc(C)c2)cc1.Cc1cccc(-c2cc(C)cc(-c3cccc(C)c3)c2)c1.Cc1cccc(-c2cccc(C)c2)c1.Cc1cccc(C)c1. The lowest BCUT2D eigenvalue weighted by Gasteiger charge is -2.09. The highest BCUT2D eigenvalue weighted by Gasteiger charge is 2.05. The van der Waals surface area contributed by atoms with Crippen molar-refractivity contribution >= 4 is 0 Å². The second-order valence-electron chi connectivity index (χ2n) is 15.5. The summed E-state index contributed by atoms with van der Waals surface area (Å²) in [6, 6.07) is 67.1. The summed E-state index contributed by atoms with van der Waals surface area (Å²) in [6.07, 6.45) is 0. The Morgan fingerprint density at radius 1 is 0.158 bits per heavy atom. The van der Waals surface area contributed by atoms with Crippen molar-refractivity contribution < 1.29 is 0 Å². The molecule has 0 heterocycles. The maximum atomic E-state index is 2.29. The maximum Gasteiger partial charge on any atom is -0.0175 e. The average Bonchev–Trinajstić information content (AvgIpc) is 3.19. The minimum absolute atomic E-state index is 1.28. The van der Waals surface area contributed by atoms with E-state index in [1.165, 1.54) is 94.6 Å². The molecular weight excluding hydrogens is 685 g/mol. The van der Waals surface area contributed by atoms with Gasteiger partial charge in [0.15, 0.2) is 0 Å². The number of benzene rings is 8. The van der Waals surface area contributed by atoms with Crippen LogP contribution in [-0.2, 0) is 0 Å². The quantitative estimate of drug-likeness (QED) is 0.168. The van der Waals surface area contributed by atoms with Crippen molar-refractivity contribution in [3.8, 4) is 44.5 Å². The van der Waals surface area contributed by atoms with Gasteiger partial charge in [-0.25, -0.2) is 0 Å². The van der Waals surface area contributed by atoms with E-state index in [1.54, 1.807) is 0 Å². The molecule has 0 saturated carbocycles. The third-order valence-electron chi connectivity index (χ3n) is 9.73. The molecule has 57 heavy (non-hydrogen) atoms. The zero-order chi connectivity index (χ0) is 40.7. The van der Waals surface area contributed by atoms with Gasteiger partial charge >= 0.3 is 0 Å². The van der Waals surface area contributed by atoms with E-state index in [0.29, 0.717) is 0 Å². The van der Waals surface area contributed by atoms with Crippen LogP contribution in [0.1, 0.15) is 50.1 Å². The Hall–Kier alpha value is -6.24. The number of hydrogen-bond donors (Lipinski definition) is 0. The summed E-state index contributed by atoms with van der Waals surface area (Å²) in [4.78, 5) is 0. The van der Waals surface area contributed by atoms with Crippen LogP contribution in [0.4, 0.5) is 0 Å². The average molecular weight is 743 g/mol. The van der Waals surface area contributed by atoms with Crippen LogP contribution in [0, 0.1) is 62.3 Å². The van der Waals surface area contributed by atoms with Crippen molar-refractivity contribution in [2.45, 2.75) is 62.3 Å². The molecule has 0 amide bonds. The zero-order valence-corrected chi connectivity index (χ0v) is 35.4. The van der Waals surface area contributed by atoms with E-state index in [0.717, 1.165) is 0 Å². The van der Waals surface area contributed by atoms with E-state index in [2.05, 4.69) is 250 Å². The second kappa shape index (κ2) is 20.6. The first kappa shape index (κ1) is 41.9. The molecule has 0 radical (unpaired) electrons. The molecule has 0 bridgehead atoms. The molecule has 8 rings (SSSR count). The lowest BCUT2D eigenvalue weighted by molar-refractivity contribution is 1.39. The largest absolute Gasteiger partial charge is 0.0617 e. The Balaban J connectivity index is 0.000000152. The molecule has 0 spiro atoms. The fraction of sp³-hybridized carbons (Fsp3) is 0.158. The van der Waals surface area contributed by atoms with Gasteiger partial charge in [0.05, 0.1) is 0 Å². The minimum atomic E-state index is 1.28. The molecule has 0 heteroatoms. The van der Waals surface area contributed by atoms with Crippen LogP contribution in [0.2, 0.25) is 0 Å². The Kier molecular flexibility index (Phi) is 15.2. The second-order valence-corrected chi connectivity index (χ2v) is 15.5. The Morgan fingerprint density at radius 2 is 0.404 bits per heavy atom. The Bertz CT molecular complexity index is 2370. The normalized spacial score (nSPS) is 10.2. The molecule has 0 aromatic heterocycles. The van der Waals surface area contributed by atoms with Crippen LogP contribution >= 0.6 is 0 Å². The molecule has 0 aliphatic carbocycles. The van der Waals surface area contributed by atoms with Crippen LogP contribution < -0.4 is 0 Å². The van der Waals surface area contributed by atoms with Gasteiger partial charge in [0.1, 0.15) is 0 Å². The molecule has 0 saturated heterocycles. The predicted molar refractivity (Wildman–Crippen MR) is 250 cm³/mol. The lowest BCUT2D eigenvalue weighted by Crippen LogP contribution is -1.86. The monoisotopic (exact) mass is 742 g/mol. The van der Waals surface area contributed by atoms with Crippen molar-refractivity contribution in [3.63, 3.8) is 0 Å². The van der Waals surface area contributed by atoms with Crippen LogP contribution in [0.5, 0.6) is 0 Å². The highest BCUT2D eigenvalue weighted by atomic mass is 14.1. The van der Waals surface area contributed by atoms with Gasteiger partial charge in [-0.05, 0) is 118 Å². The molecule has 286 valence electrons. The van der Waals surface area contributed by atoms with Crippen molar-refractivity contribution in [3.05, 3.63) is 238 Å². The smallest absolute Gasteiger partial charge is 0.0175 e. The summed E-state index contributed by atoms with van der Waals surface area (Å²) in [5.74, 6) is 0. The van der Waals surface area contributed by atoms with Crippen molar-refractivity contribution in [1.29, 1.82) is 0 Å². The van der Waals surface area contributed by atoms with Gasteiger partial charge < -0.3 is 0 Å². The molecule has 0 nitrogen and oxygen atoms in total. The van der Waals surface area contributed by atoms with E-state index < -0.39 is 0 Å². The molecule has 8 aromatic carbocycles. The van der Waals surface area contributed by atoms with Gasteiger partial charge in [0, 0.05) is 0 Å². The topological polar surface area (TPSA) is 0 Å². The first-order chi connectivity index (χ1) is 27.4. The van der Waals surface area contributed by atoms with Gasteiger partial charge in [0.25, 0.3) is 0 Å². The fourth-order valence-electron chi connectivity index (χ4n) is 6.79. The predicted octanol–water partition coefficient (Wildman–Crippen LogP) is 16.2. The highest BCUT2D eigenvalue weighted by Crippen LogP contribution is 2.29. The third-order valence-corrected chi connectivity index (χ3v) is 9.73. The summed E-state index contributed by atoms with van der Waals surface area (Å²) in [7, 11) is 0. The van der Waals surface area contributed by atoms with Crippen LogP contribution in [0.15, 0.2) is 188 Å². The Morgan fingerprint density at radius 3 is 0.684 bits per heavy atom. The molecule has 0 atom stereocenters. The Labute approximate surface area is 343 Å². The first-order valence-electron chi connectivity index (χ1n) is 20.0. The van der Waals surface area contributed by atoms with Gasteiger partial charge in [-0.15, -0.1) is 0 Å². The van der Waals surface area contributed by atoms with Gasteiger partial charge in [-0.1, -0.05) is 226 Å². The van der Waals surface area contributed by atoms with E-state index >= 15 is 0 Å². The lowest BCUT2D eigenvalue weighted by atomic mass is 9.95. The first-order valence-corrected chi connectivity index (χ1v) is 20.0. The van der Waals surface area contributed by atoms with Crippen LogP contribution in [-0.4, -0.2) is 0 Å². The van der Waals surface area contributed by atoms with Gasteiger partial charge in [-0.3, -0.25) is 0 Å². The van der Waals surface area contributed by atoms with E-state index in [-0.39, 0.29) is 0 Å². The van der Waals surface area contributed by atoms with Crippen LogP contribution in [0.25, 0.3) is 44.5 Å². The summed E-state index contributed by atoms with van der Waals surface area (Å²) >= 11 is 0. The van der Waals surface area contributed by atoms with E-state index in [1.807, 2.05) is 0 Å². The number of rotatable bonds is 4. The maximum absolute atomic E-state index is 2.29. The fourth-order valence-corrected chi connectivity index (χ4v) is 6.79. The molecule has 0 unspecified atom stereocenters. The van der Waals surface area contributed by atoms with Gasteiger partial charge in [0.2, 0.25) is 0 Å². The molecular formula is C57H58. The van der Waals surface area contributed by atoms with Crippen molar-refractivity contribution in [2.24, 2.45) is 0 Å². The van der Waals surface area contributed by atoms with E-state index in [9.17, 15) is 0 Å². The van der Waals surface area contributed by atoms with Gasteiger partial charge in [-0.2, -0.15) is 0 Å². The zero-order valence-electron chi connectivity index (χ0n) is 35.4. The molecule has 8 aromatic rings. The van der Waals surface area contributed by atoms with Crippen molar-refractivity contribution in [2.75, 3.05) is 0 Å². The molecule has 0 aliphatic rings. The summed E-state index contributed by atoms with van der Waals surface area (Å²) in [5.41, 5.74) is 22.1. The van der Waals surface area contributed by atoms with Crippen molar-refractivity contribution in [1.82, 2.24) is 0 Å². The third kappa shape index (κ3) is 13.5. The summed E-state index contributed by atoms with van der Waals surface area (Å²) in [6.45, 7) is 19.1. The van der Waals surface area contributed by atoms with Crippen LogP contribution in [0.3, 0.4) is 0 Å². The summed E-state index contributed by atoms with van der Waals surface area (Å²) in [5, 5.41) is 0. The summed E-state index contributed by atoms with van der Waals surface area (Å²) < 4.78 is 0. The molecule has 0 fully saturated rings. The highest BCUT2D eigenvalue weighted by molar-refractivity contribution is 5.75. The standard InChI is InChI=1S/C21H20.2C14H14.C8H10/c1-15-6-4-8-18(10-15)20-12-17(3)13-21(14-20)19-9-5-7-16(2)11-19;1-11-5-3-7-13(9-11)14-8-4-6-12(2)10-14;1-11-6-8-13(9-7-11)14-5-3-4-12(2)10-14;1-7-4-3-5-8(2)6-7/h4-14H,1-3H3;2*3-10H,1-2H3;3-6H,1-2H3. The minimum Gasteiger partial charge on any atom is -0.0617 e. The molecule has 0 aliphatic heterocycles. The number of hydrogen-bond acceptors (Lipinski definition) is 0. The number of aryl methyl sites for hydroxylation is 9. The molecule has 0 N–H and O–H groups in total.